The number of methoxy groups -OCH3 is 2. The fourth-order valence-electron chi connectivity index (χ4n) is 1.70. The first-order valence-electron chi connectivity index (χ1n) is 5.73. The zero-order chi connectivity index (χ0) is 15.6. The van der Waals surface area contributed by atoms with Crippen LogP contribution in [0, 0.1) is 6.92 Å². The summed E-state index contributed by atoms with van der Waals surface area (Å²) in [5, 5.41) is 7.33. The molecule has 0 amide bonds. The Bertz CT molecular complexity index is 636. The molecule has 21 heavy (non-hydrogen) atoms. The number of ether oxygens (including phenoxy) is 2. The van der Waals surface area contributed by atoms with Gasteiger partial charge < -0.3 is 9.47 Å². The van der Waals surface area contributed by atoms with Crippen molar-refractivity contribution in [3.63, 3.8) is 0 Å². The van der Waals surface area contributed by atoms with Crippen LogP contribution in [0.2, 0.25) is 0 Å². The van der Waals surface area contributed by atoms with Gasteiger partial charge in [-0.15, -0.1) is 0 Å². The molecule has 0 saturated heterocycles. The maximum atomic E-state index is 13.0. The number of alkyl halides is 3. The summed E-state index contributed by atoms with van der Waals surface area (Å²) in [4.78, 5) is 7.59. The van der Waals surface area contributed by atoms with E-state index in [4.69, 9.17) is 9.47 Å². The molecule has 0 bridgehead atoms. The normalized spacial score (nSPS) is 11.3. The molecular formula is C12H11F3N4O2. The zero-order valence-corrected chi connectivity index (χ0v) is 11.4. The SMILES string of the molecule is COc1nc(-c2cnncc2C)nc(OC)c1C(F)(F)F. The molecule has 0 aliphatic carbocycles. The number of nitrogens with zero attached hydrogens (tertiary/aromatic N) is 4. The van der Waals surface area contributed by atoms with Gasteiger partial charge >= 0.3 is 6.18 Å². The van der Waals surface area contributed by atoms with Gasteiger partial charge in [0.05, 0.1) is 26.6 Å². The standard InChI is InChI=1S/C12H11F3N4O2/c1-6-4-16-17-5-7(6)9-18-10(20-2)8(12(13,14)15)11(19-9)21-3/h4-5H,1-3H3. The van der Waals surface area contributed by atoms with Gasteiger partial charge in [0.25, 0.3) is 0 Å². The van der Waals surface area contributed by atoms with Crippen LogP contribution in [0.15, 0.2) is 12.4 Å². The second-order valence-electron chi connectivity index (χ2n) is 4.02. The molecule has 2 heterocycles. The van der Waals surface area contributed by atoms with Crippen LogP contribution in [-0.2, 0) is 6.18 Å². The smallest absolute Gasteiger partial charge is 0.426 e. The van der Waals surface area contributed by atoms with E-state index in [0.29, 0.717) is 11.1 Å². The molecule has 9 heteroatoms. The lowest BCUT2D eigenvalue weighted by Crippen LogP contribution is -2.13. The minimum atomic E-state index is -4.69. The predicted molar refractivity (Wildman–Crippen MR) is 65.9 cm³/mol. The Labute approximate surface area is 118 Å². The summed E-state index contributed by atoms with van der Waals surface area (Å²) in [6.07, 6.45) is -1.88. The largest absolute Gasteiger partial charge is 0.480 e. The molecule has 0 atom stereocenters. The van der Waals surface area contributed by atoms with Crippen LogP contribution >= 0.6 is 0 Å². The average Bonchev–Trinajstić information content (AvgIpc) is 2.45. The fraction of sp³-hybridized carbons (Fsp3) is 0.333. The topological polar surface area (TPSA) is 70.0 Å². The molecule has 0 aliphatic heterocycles. The minimum absolute atomic E-state index is 0.0177. The summed E-state index contributed by atoms with van der Waals surface area (Å²) in [5.74, 6) is -1.20. The molecule has 0 spiro atoms. The van der Waals surface area contributed by atoms with Crippen LogP contribution in [0.1, 0.15) is 11.1 Å². The van der Waals surface area contributed by atoms with Crippen molar-refractivity contribution in [3.05, 3.63) is 23.5 Å². The third kappa shape index (κ3) is 2.86. The van der Waals surface area contributed by atoms with E-state index in [1.807, 2.05) is 0 Å². The Hall–Kier alpha value is -2.45. The van der Waals surface area contributed by atoms with Crippen molar-refractivity contribution in [1.82, 2.24) is 20.2 Å². The highest BCUT2D eigenvalue weighted by atomic mass is 19.4. The monoisotopic (exact) mass is 300 g/mol. The van der Waals surface area contributed by atoms with E-state index in [1.165, 1.54) is 12.4 Å². The number of hydrogen-bond acceptors (Lipinski definition) is 6. The summed E-state index contributed by atoms with van der Waals surface area (Å²) >= 11 is 0. The van der Waals surface area contributed by atoms with Gasteiger partial charge in [-0.05, 0) is 12.5 Å². The van der Waals surface area contributed by atoms with Gasteiger partial charge in [-0.1, -0.05) is 0 Å². The molecule has 0 saturated carbocycles. The van der Waals surface area contributed by atoms with Crippen LogP contribution in [0.25, 0.3) is 11.4 Å². The highest BCUT2D eigenvalue weighted by molar-refractivity contribution is 5.60. The second-order valence-corrected chi connectivity index (χ2v) is 4.02. The Morgan fingerprint density at radius 3 is 1.90 bits per heavy atom. The van der Waals surface area contributed by atoms with Gasteiger partial charge in [-0.3, -0.25) is 0 Å². The van der Waals surface area contributed by atoms with Gasteiger partial charge in [0, 0.05) is 5.56 Å². The number of aryl methyl sites for hydroxylation is 1. The van der Waals surface area contributed by atoms with Gasteiger partial charge in [-0.2, -0.15) is 33.3 Å². The Balaban J connectivity index is 2.70. The third-order valence-electron chi connectivity index (χ3n) is 2.68. The van der Waals surface area contributed by atoms with E-state index < -0.39 is 23.5 Å². The van der Waals surface area contributed by atoms with Gasteiger partial charge in [0.2, 0.25) is 11.8 Å². The quantitative estimate of drug-likeness (QED) is 0.866. The van der Waals surface area contributed by atoms with E-state index >= 15 is 0 Å². The van der Waals surface area contributed by atoms with Crippen LogP contribution in [0.4, 0.5) is 13.2 Å². The van der Waals surface area contributed by atoms with E-state index in [-0.39, 0.29) is 5.82 Å². The highest BCUT2D eigenvalue weighted by Crippen LogP contribution is 2.41. The first-order chi connectivity index (χ1) is 9.88. The highest BCUT2D eigenvalue weighted by Gasteiger charge is 2.40. The molecule has 0 N–H and O–H groups in total. The van der Waals surface area contributed by atoms with E-state index in [0.717, 1.165) is 14.2 Å². The van der Waals surface area contributed by atoms with Crippen LogP contribution in [0.3, 0.4) is 0 Å². The maximum Gasteiger partial charge on any atom is 0.426 e. The Morgan fingerprint density at radius 1 is 0.952 bits per heavy atom. The van der Waals surface area contributed by atoms with Gasteiger partial charge in [0.15, 0.2) is 11.4 Å². The first-order valence-corrected chi connectivity index (χ1v) is 5.73. The van der Waals surface area contributed by atoms with Crippen molar-refractivity contribution in [3.8, 4) is 23.1 Å². The molecule has 112 valence electrons. The Morgan fingerprint density at radius 2 is 1.48 bits per heavy atom. The number of rotatable bonds is 3. The lowest BCUT2D eigenvalue weighted by Gasteiger charge is -2.15. The lowest BCUT2D eigenvalue weighted by molar-refractivity contribution is -0.140. The molecule has 2 rings (SSSR count). The zero-order valence-electron chi connectivity index (χ0n) is 11.4. The van der Waals surface area contributed by atoms with E-state index in [9.17, 15) is 13.2 Å². The number of halogens is 3. The van der Waals surface area contributed by atoms with Gasteiger partial charge in [0.1, 0.15) is 0 Å². The van der Waals surface area contributed by atoms with Crippen molar-refractivity contribution in [2.45, 2.75) is 13.1 Å². The van der Waals surface area contributed by atoms with Crippen LogP contribution in [-0.4, -0.2) is 34.4 Å². The molecular weight excluding hydrogens is 289 g/mol. The molecule has 0 aromatic carbocycles. The lowest BCUT2D eigenvalue weighted by atomic mass is 10.1. The summed E-state index contributed by atoms with van der Waals surface area (Å²) in [5.41, 5.74) is -0.0555. The van der Waals surface area contributed by atoms with Crippen molar-refractivity contribution in [1.29, 1.82) is 0 Å². The Kier molecular flexibility index (Phi) is 3.92. The number of aromatic nitrogens is 4. The van der Waals surface area contributed by atoms with E-state index in [1.54, 1.807) is 6.92 Å². The van der Waals surface area contributed by atoms with Crippen LogP contribution in [0.5, 0.6) is 11.8 Å². The number of hydrogen-bond donors (Lipinski definition) is 0. The minimum Gasteiger partial charge on any atom is -0.480 e. The fourth-order valence-corrected chi connectivity index (χ4v) is 1.70. The maximum absolute atomic E-state index is 13.0. The molecule has 2 aromatic heterocycles. The molecule has 6 nitrogen and oxygen atoms in total. The van der Waals surface area contributed by atoms with Crippen molar-refractivity contribution < 1.29 is 22.6 Å². The van der Waals surface area contributed by atoms with Crippen molar-refractivity contribution in [2.75, 3.05) is 14.2 Å². The molecule has 0 radical (unpaired) electrons. The van der Waals surface area contributed by atoms with Crippen LogP contribution < -0.4 is 9.47 Å². The third-order valence-corrected chi connectivity index (χ3v) is 2.68. The first kappa shape index (κ1) is 14.9. The average molecular weight is 300 g/mol. The summed E-state index contributed by atoms with van der Waals surface area (Å²) in [6.45, 7) is 1.71. The summed E-state index contributed by atoms with van der Waals surface area (Å²) in [7, 11) is 2.19. The predicted octanol–water partition coefficient (Wildman–Crippen LogP) is 2.28. The molecule has 0 fully saturated rings. The second kappa shape index (κ2) is 5.51. The molecule has 0 unspecified atom stereocenters. The van der Waals surface area contributed by atoms with Crippen molar-refractivity contribution in [2.24, 2.45) is 0 Å². The molecule has 0 aliphatic rings. The molecule has 2 aromatic rings. The van der Waals surface area contributed by atoms with E-state index in [2.05, 4.69) is 20.2 Å². The van der Waals surface area contributed by atoms with Gasteiger partial charge in [-0.25, -0.2) is 0 Å². The summed E-state index contributed by atoms with van der Waals surface area (Å²) < 4.78 is 48.6. The summed E-state index contributed by atoms with van der Waals surface area (Å²) in [6, 6.07) is 0. The van der Waals surface area contributed by atoms with Crippen molar-refractivity contribution >= 4 is 0 Å².